The maximum Gasteiger partial charge on any atom is 0.261 e. The third-order valence-electron chi connectivity index (χ3n) is 6.02. The zero-order valence-electron chi connectivity index (χ0n) is 19.2. The largest absolute Gasteiger partial charge is 0.494 e. The summed E-state index contributed by atoms with van der Waals surface area (Å²) in [7, 11) is 3.30. The third-order valence-corrected chi connectivity index (χ3v) is 6.02. The second-order valence-corrected chi connectivity index (χ2v) is 8.16. The molecule has 172 valence electrons. The minimum atomic E-state index is -0.0832. The van der Waals surface area contributed by atoms with Crippen LogP contribution >= 0.6 is 0 Å². The van der Waals surface area contributed by atoms with Crippen molar-refractivity contribution in [1.82, 2.24) is 14.5 Å². The number of benzene rings is 1. The van der Waals surface area contributed by atoms with Crippen LogP contribution in [0.1, 0.15) is 35.2 Å². The molecule has 3 heterocycles. The minimum absolute atomic E-state index is 0.0589. The Hall–Kier alpha value is -3.52. The molecule has 1 saturated heterocycles. The summed E-state index contributed by atoms with van der Waals surface area (Å²) >= 11 is 0. The second-order valence-electron chi connectivity index (χ2n) is 8.16. The van der Waals surface area contributed by atoms with Crippen LogP contribution in [0, 0.1) is 6.92 Å². The number of nitrogens with zero attached hydrogens (tertiary/aromatic N) is 4. The molecule has 8 nitrogen and oxygen atoms in total. The van der Waals surface area contributed by atoms with Gasteiger partial charge in [-0.2, -0.15) is 0 Å². The van der Waals surface area contributed by atoms with E-state index >= 15 is 0 Å². The van der Waals surface area contributed by atoms with Crippen molar-refractivity contribution in [3.05, 3.63) is 69.7 Å². The van der Waals surface area contributed by atoms with Gasteiger partial charge in [0.05, 0.1) is 37.2 Å². The van der Waals surface area contributed by atoms with E-state index in [1.54, 1.807) is 31.3 Å². The molecular formula is C25H29N5O3. The minimum Gasteiger partial charge on any atom is -0.494 e. The lowest BCUT2D eigenvalue weighted by Gasteiger charge is -2.16. The molecule has 0 saturated carbocycles. The van der Waals surface area contributed by atoms with Crippen molar-refractivity contribution in [2.75, 3.05) is 20.8 Å². The molecule has 1 aliphatic rings. The van der Waals surface area contributed by atoms with E-state index < -0.39 is 0 Å². The molecule has 0 radical (unpaired) electrons. The smallest absolute Gasteiger partial charge is 0.261 e. The molecule has 3 aromatic rings. The van der Waals surface area contributed by atoms with Crippen LogP contribution in [0.2, 0.25) is 0 Å². The summed E-state index contributed by atoms with van der Waals surface area (Å²) in [6, 6.07) is 5.85. The van der Waals surface area contributed by atoms with Gasteiger partial charge in [-0.25, -0.2) is 4.98 Å². The van der Waals surface area contributed by atoms with Crippen molar-refractivity contribution in [2.24, 2.45) is 10.7 Å². The molecule has 0 bridgehead atoms. The van der Waals surface area contributed by atoms with Crippen molar-refractivity contribution in [2.45, 2.75) is 38.8 Å². The number of hydrogen-bond donors (Lipinski definition) is 1. The van der Waals surface area contributed by atoms with Gasteiger partial charge in [0.1, 0.15) is 11.3 Å². The number of fused-ring (bicyclic) bond motifs is 1. The number of ether oxygens (including phenoxy) is 2. The van der Waals surface area contributed by atoms with Gasteiger partial charge in [-0.05, 0) is 55.0 Å². The SMILES string of the molecule is CN=CC(=CN)c1ccc(Cc2cc3c(=O)n(CC4CCCO4)cnc3c(OC)c2C)cn1. The standard InChI is InChI=1S/C25H29N5O3/c1-16-18(9-17-6-7-22(28-12-17)19(11-26)13-27-2)10-21-23(24(16)32-3)29-15-30(25(21)31)14-20-5-4-8-33-20/h6-7,10-13,15,20H,4-5,8-9,14,26H2,1-3H3. The highest BCUT2D eigenvalue weighted by atomic mass is 16.5. The van der Waals surface area contributed by atoms with E-state index in [1.165, 1.54) is 6.20 Å². The summed E-state index contributed by atoms with van der Waals surface area (Å²) in [6.45, 7) is 3.25. The highest BCUT2D eigenvalue weighted by Crippen LogP contribution is 2.30. The normalized spacial score (nSPS) is 16.7. The van der Waals surface area contributed by atoms with Crippen LogP contribution in [0.3, 0.4) is 0 Å². The molecular weight excluding hydrogens is 418 g/mol. The fraction of sp³-hybridized carbons (Fsp3) is 0.360. The molecule has 4 rings (SSSR count). The zero-order valence-corrected chi connectivity index (χ0v) is 19.2. The Morgan fingerprint density at radius 1 is 1.39 bits per heavy atom. The van der Waals surface area contributed by atoms with Gasteiger partial charge in [0.2, 0.25) is 0 Å². The van der Waals surface area contributed by atoms with E-state index in [0.717, 1.165) is 47.4 Å². The summed E-state index contributed by atoms with van der Waals surface area (Å²) < 4.78 is 13.0. The Bertz CT molecular complexity index is 1260. The van der Waals surface area contributed by atoms with Gasteiger partial charge < -0.3 is 15.2 Å². The Labute approximate surface area is 192 Å². The van der Waals surface area contributed by atoms with E-state index in [4.69, 9.17) is 15.2 Å². The molecule has 8 heteroatoms. The van der Waals surface area contributed by atoms with E-state index in [1.807, 2.05) is 31.3 Å². The molecule has 2 N–H and O–H groups in total. The quantitative estimate of drug-likeness (QED) is 0.559. The first-order valence-electron chi connectivity index (χ1n) is 11.0. The summed E-state index contributed by atoms with van der Waals surface area (Å²) in [5.74, 6) is 0.626. The first kappa shape index (κ1) is 22.7. The summed E-state index contributed by atoms with van der Waals surface area (Å²) in [5, 5.41) is 0.546. The molecule has 1 fully saturated rings. The van der Waals surface area contributed by atoms with Crippen LogP contribution in [-0.2, 0) is 17.7 Å². The van der Waals surface area contributed by atoms with E-state index in [2.05, 4.69) is 15.0 Å². The van der Waals surface area contributed by atoms with Gasteiger partial charge in [0.25, 0.3) is 5.56 Å². The Balaban J connectivity index is 1.70. The molecule has 1 aliphatic heterocycles. The number of methoxy groups -OCH3 is 1. The first-order valence-corrected chi connectivity index (χ1v) is 11.0. The number of rotatable bonds is 7. The number of pyridine rings is 1. The van der Waals surface area contributed by atoms with Crippen molar-refractivity contribution < 1.29 is 9.47 Å². The van der Waals surface area contributed by atoms with Gasteiger partial charge in [-0.15, -0.1) is 0 Å². The van der Waals surface area contributed by atoms with Gasteiger partial charge in [-0.3, -0.25) is 19.3 Å². The fourth-order valence-electron chi connectivity index (χ4n) is 4.25. The van der Waals surface area contributed by atoms with E-state index in [0.29, 0.717) is 29.6 Å². The maximum absolute atomic E-state index is 13.3. The molecule has 1 unspecified atom stereocenters. The average Bonchev–Trinajstić information content (AvgIpc) is 3.34. The predicted octanol–water partition coefficient (Wildman–Crippen LogP) is 2.88. The monoisotopic (exact) mass is 447 g/mol. The van der Waals surface area contributed by atoms with Gasteiger partial charge in [-0.1, -0.05) is 6.07 Å². The van der Waals surface area contributed by atoms with Gasteiger partial charge >= 0.3 is 0 Å². The molecule has 0 aliphatic carbocycles. The summed E-state index contributed by atoms with van der Waals surface area (Å²) in [4.78, 5) is 26.4. The Morgan fingerprint density at radius 3 is 2.88 bits per heavy atom. The lowest BCUT2D eigenvalue weighted by atomic mass is 9.98. The molecule has 0 spiro atoms. The molecule has 1 atom stereocenters. The van der Waals surface area contributed by atoms with E-state index in [-0.39, 0.29) is 11.7 Å². The second kappa shape index (κ2) is 9.95. The number of aromatic nitrogens is 3. The van der Waals surface area contributed by atoms with E-state index in [9.17, 15) is 4.79 Å². The van der Waals surface area contributed by atoms with Crippen molar-refractivity contribution >= 4 is 22.7 Å². The van der Waals surface area contributed by atoms with Crippen molar-refractivity contribution in [3.63, 3.8) is 0 Å². The summed E-state index contributed by atoms with van der Waals surface area (Å²) in [5.41, 5.74) is 10.6. The molecule has 1 aromatic carbocycles. The first-order chi connectivity index (χ1) is 16.0. The van der Waals surface area contributed by atoms with Crippen LogP contribution in [0.25, 0.3) is 16.5 Å². The highest BCUT2D eigenvalue weighted by molar-refractivity contribution is 6.08. The highest BCUT2D eigenvalue weighted by Gasteiger charge is 2.20. The molecule has 0 amide bonds. The predicted molar refractivity (Wildman–Crippen MR) is 130 cm³/mol. The zero-order chi connectivity index (χ0) is 23.4. The van der Waals surface area contributed by atoms with Crippen molar-refractivity contribution in [3.8, 4) is 5.75 Å². The molecule has 33 heavy (non-hydrogen) atoms. The third kappa shape index (κ3) is 4.66. The maximum atomic E-state index is 13.3. The van der Waals surface area contributed by atoms with Crippen LogP contribution < -0.4 is 16.0 Å². The van der Waals surface area contributed by atoms with Gasteiger partial charge in [0.15, 0.2) is 0 Å². The lowest BCUT2D eigenvalue weighted by Crippen LogP contribution is -2.27. The Morgan fingerprint density at radius 2 is 2.24 bits per heavy atom. The van der Waals surface area contributed by atoms with Gasteiger partial charge in [0, 0.05) is 37.8 Å². The number of allylic oxidation sites excluding steroid dienone is 1. The van der Waals surface area contributed by atoms with Crippen LogP contribution in [0.15, 0.2) is 46.7 Å². The van der Waals surface area contributed by atoms with Crippen LogP contribution in [0.5, 0.6) is 5.75 Å². The average molecular weight is 448 g/mol. The number of nitrogens with two attached hydrogens (primary N) is 1. The Kier molecular flexibility index (Phi) is 6.84. The summed E-state index contributed by atoms with van der Waals surface area (Å²) in [6.07, 6.45) is 9.23. The topological polar surface area (TPSA) is 105 Å². The van der Waals surface area contributed by atoms with Crippen molar-refractivity contribution in [1.29, 1.82) is 0 Å². The lowest BCUT2D eigenvalue weighted by molar-refractivity contribution is 0.0960. The van der Waals surface area contributed by atoms with Crippen LogP contribution in [0.4, 0.5) is 0 Å². The van der Waals surface area contributed by atoms with Crippen LogP contribution in [-0.4, -0.2) is 47.6 Å². The fourth-order valence-corrected chi connectivity index (χ4v) is 4.25. The number of aliphatic imine (C=N–C) groups is 1. The molecule has 2 aromatic heterocycles. The number of hydrogen-bond acceptors (Lipinski definition) is 7.